The summed E-state index contributed by atoms with van der Waals surface area (Å²) in [5.74, 6) is 0.469. The van der Waals surface area contributed by atoms with Gasteiger partial charge in [0.25, 0.3) is 5.56 Å². The largest absolute Gasteiger partial charge is 0.493 e. The van der Waals surface area contributed by atoms with Gasteiger partial charge < -0.3 is 23.4 Å². The van der Waals surface area contributed by atoms with Crippen LogP contribution in [0.15, 0.2) is 98.6 Å². The van der Waals surface area contributed by atoms with Crippen molar-refractivity contribution in [2.24, 2.45) is 4.99 Å². The van der Waals surface area contributed by atoms with Crippen molar-refractivity contribution in [3.05, 3.63) is 132 Å². The topological polar surface area (TPSA) is 119 Å². The van der Waals surface area contributed by atoms with E-state index < -0.39 is 23.5 Å². The molecule has 0 bridgehead atoms. The molecule has 0 amide bonds. The van der Waals surface area contributed by atoms with Gasteiger partial charge in [-0.3, -0.25) is 9.36 Å². The number of hydrogen-bond donors (Lipinski definition) is 0. The Hall–Kier alpha value is -5.39. The summed E-state index contributed by atoms with van der Waals surface area (Å²) in [6.07, 6.45) is 1.59. The summed E-state index contributed by atoms with van der Waals surface area (Å²) in [5, 5.41) is 0.408. The molecule has 48 heavy (non-hydrogen) atoms. The summed E-state index contributed by atoms with van der Waals surface area (Å²) < 4.78 is 29.4. The highest BCUT2D eigenvalue weighted by molar-refractivity contribution is 7.07. The highest BCUT2D eigenvalue weighted by atomic mass is 35.5. The average Bonchev–Trinajstić information content (AvgIpc) is 3.71. The lowest BCUT2D eigenvalue weighted by Gasteiger charge is -2.26. The number of hydrogen-bond acceptors (Lipinski definition) is 10. The number of carbonyl (C=O) groups is 2. The molecule has 0 unspecified atom stereocenters. The Morgan fingerprint density at radius 3 is 2.44 bits per heavy atom. The van der Waals surface area contributed by atoms with E-state index in [0.29, 0.717) is 59.8 Å². The van der Waals surface area contributed by atoms with Gasteiger partial charge in [0.05, 0.1) is 55.3 Å². The molecule has 3 heterocycles. The second kappa shape index (κ2) is 13.8. The molecule has 0 N–H and O–H groups in total. The molecule has 0 aliphatic carbocycles. The minimum Gasteiger partial charge on any atom is -0.493 e. The van der Waals surface area contributed by atoms with Crippen LogP contribution in [0.4, 0.5) is 0 Å². The molecule has 3 aromatic carbocycles. The Morgan fingerprint density at radius 1 is 0.958 bits per heavy atom. The molecular formula is C36H29ClN2O8S. The Labute approximate surface area is 283 Å². The number of nitrogens with zero attached hydrogens (tertiary/aromatic N) is 2. The van der Waals surface area contributed by atoms with Gasteiger partial charge in [0, 0.05) is 22.2 Å². The maximum Gasteiger partial charge on any atom is 0.338 e. The highest BCUT2D eigenvalue weighted by Gasteiger charge is 2.35. The molecule has 1 aliphatic heterocycles. The SMILES string of the molecule is CCOC(=O)C1=C(c2ccccc2)N=c2s/c(=C/c3ccc(-c4cc(Cl)ccc4C(=O)OC)o3)c(=O)n2[C@@H]1c1ccc(OC)c(OC)c1. The number of aromatic nitrogens is 1. The zero-order valence-corrected chi connectivity index (χ0v) is 27.9. The van der Waals surface area contributed by atoms with Crippen molar-refractivity contribution in [3.63, 3.8) is 0 Å². The molecule has 5 aromatic rings. The molecular weight excluding hydrogens is 656 g/mol. The van der Waals surface area contributed by atoms with Crippen LogP contribution in [-0.4, -0.2) is 44.4 Å². The Balaban J connectivity index is 1.57. The fourth-order valence-corrected chi connectivity index (χ4v) is 6.64. The Bertz CT molecular complexity index is 2250. The van der Waals surface area contributed by atoms with E-state index >= 15 is 0 Å². The Morgan fingerprint density at radius 2 is 1.73 bits per heavy atom. The third-order valence-corrected chi connectivity index (χ3v) is 8.87. The molecule has 244 valence electrons. The number of rotatable bonds is 9. The maximum absolute atomic E-state index is 14.3. The summed E-state index contributed by atoms with van der Waals surface area (Å²) >= 11 is 7.38. The third-order valence-electron chi connectivity index (χ3n) is 7.65. The molecule has 0 spiro atoms. The first-order chi connectivity index (χ1) is 23.3. The van der Waals surface area contributed by atoms with Crippen molar-refractivity contribution >= 4 is 46.6 Å². The second-order valence-corrected chi connectivity index (χ2v) is 11.9. The van der Waals surface area contributed by atoms with Crippen molar-refractivity contribution in [3.8, 4) is 22.8 Å². The van der Waals surface area contributed by atoms with Crippen LogP contribution in [0, 0.1) is 0 Å². The zero-order valence-electron chi connectivity index (χ0n) is 26.3. The zero-order chi connectivity index (χ0) is 33.9. The van der Waals surface area contributed by atoms with Gasteiger partial charge >= 0.3 is 11.9 Å². The van der Waals surface area contributed by atoms with Gasteiger partial charge in [0.1, 0.15) is 11.5 Å². The Kier molecular flexibility index (Phi) is 9.33. The predicted molar refractivity (Wildman–Crippen MR) is 181 cm³/mol. The lowest BCUT2D eigenvalue weighted by molar-refractivity contribution is -0.138. The lowest BCUT2D eigenvalue weighted by Crippen LogP contribution is -2.40. The number of halogens is 1. The van der Waals surface area contributed by atoms with Crippen LogP contribution in [0.1, 0.15) is 40.2 Å². The maximum atomic E-state index is 14.3. The van der Waals surface area contributed by atoms with Gasteiger partial charge in [-0.1, -0.05) is 59.3 Å². The van der Waals surface area contributed by atoms with Crippen LogP contribution in [0.3, 0.4) is 0 Å². The van der Waals surface area contributed by atoms with Gasteiger partial charge in [-0.05, 0) is 55.0 Å². The number of benzene rings is 3. The summed E-state index contributed by atoms with van der Waals surface area (Å²) in [6.45, 7) is 1.84. The number of furan rings is 1. The van der Waals surface area contributed by atoms with Gasteiger partial charge in [-0.2, -0.15) is 0 Å². The fourth-order valence-electron chi connectivity index (χ4n) is 5.49. The molecule has 0 saturated carbocycles. The summed E-state index contributed by atoms with van der Waals surface area (Å²) in [7, 11) is 4.33. The van der Waals surface area contributed by atoms with Crippen LogP contribution in [0.25, 0.3) is 23.1 Å². The normalized spacial score (nSPS) is 14.3. The van der Waals surface area contributed by atoms with Gasteiger partial charge in [-0.15, -0.1) is 0 Å². The molecule has 0 saturated heterocycles. The number of ether oxygens (including phenoxy) is 4. The van der Waals surface area contributed by atoms with Gasteiger partial charge in [-0.25, -0.2) is 14.6 Å². The fraction of sp³-hybridized carbons (Fsp3) is 0.167. The van der Waals surface area contributed by atoms with Crippen LogP contribution >= 0.6 is 22.9 Å². The average molecular weight is 685 g/mol. The van der Waals surface area contributed by atoms with E-state index in [1.54, 1.807) is 61.5 Å². The molecule has 1 atom stereocenters. The highest BCUT2D eigenvalue weighted by Crippen LogP contribution is 2.38. The van der Waals surface area contributed by atoms with Crippen LogP contribution in [-0.2, 0) is 14.3 Å². The first kappa shape index (κ1) is 32.5. The quantitative estimate of drug-likeness (QED) is 0.183. The van der Waals surface area contributed by atoms with Crippen LogP contribution < -0.4 is 24.4 Å². The van der Waals surface area contributed by atoms with Crippen LogP contribution in [0.5, 0.6) is 11.5 Å². The first-order valence-corrected chi connectivity index (χ1v) is 16.0. The molecule has 0 radical (unpaired) electrons. The number of esters is 2. The minimum atomic E-state index is -0.918. The molecule has 0 fully saturated rings. The van der Waals surface area contributed by atoms with Crippen molar-refractivity contribution < 1.29 is 33.0 Å². The summed E-state index contributed by atoms with van der Waals surface area (Å²) in [4.78, 5) is 45.7. The summed E-state index contributed by atoms with van der Waals surface area (Å²) in [6, 6.07) is 21.7. The number of methoxy groups -OCH3 is 3. The number of fused-ring (bicyclic) bond motifs is 1. The molecule has 10 nitrogen and oxygen atoms in total. The minimum absolute atomic E-state index is 0.124. The summed E-state index contributed by atoms with van der Waals surface area (Å²) in [5.41, 5.74) is 2.17. The van der Waals surface area contributed by atoms with Gasteiger partial charge in [0.2, 0.25) is 0 Å². The lowest BCUT2D eigenvalue weighted by atomic mass is 9.93. The van der Waals surface area contributed by atoms with Gasteiger partial charge in [0.15, 0.2) is 16.3 Å². The monoisotopic (exact) mass is 684 g/mol. The first-order valence-electron chi connectivity index (χ1n) is 14.8. The van der Waals surface area contributed by atoms with E-state index in [4.69, 9.17) is 40.0 Å². The van der Waals surface area contributed by atoms with Crippen LogP contribution in [0.2, 0.25) is 5.02 Å². The molecule has 2 aromatic heterocycles. The predicted octanol–water partition coefficient (Wildman–Crippen LogP) is 5.65. The van der Waals surface area contributed by atoms with Crippen molar-refractivity contribution in [1.82, 2.24) is 4.57 Å². The molecule has 1 aliphatic rings. The number of thiazole rings is 1. The molecule has 12 heteroatoms. The van der Waals surface area contributed by atoms with E-state index in [1.165, 1.54) is 25.9 Å². The van der Waals surface area contributed by atoms with E-state index in [9.17, 15) is 14.4 Å². The second-order valence-electron chi connectivity index (χ2n) is 10.4. The third kappa shape index (κ3) is 6.05. The van der Waals surface area contributed by atoms with Crippen molar-refractivity contribution in [1.29, 1.82) is 0 Å². The molecule has 6 rings (SSSR count). The standard InChI is InChI=1S/C36H29ClN2O8S/c1-5-46-35(42)30-31(20-9-7-6-8-10-20)38-36-39(32(30)21-11-15-27(43-2)28(17-21)44-3)33(40)29(48-36)19-23-13-16-26(47-23)25-18-22(37)12-14-24(25)34(41)45-4/h6-19,32H,5H2,1-4H3/b29-19+/t32-/m1/s1. The van der Waals surface area contributed by atoms with E-state index in [0.717, 1.165) is 11.3 Å². The van der Waals surface area contributed by atoms with Crippen molar-refractivity contribution in [2.45, 2.75) is 13.0 Å². The van der Waals surface area contributed by atoms with E-state index in [-0.39, 0.29) is 17.7 Å². The van der Waals surface area contributed by atoms with E-state index in [1.807, 2.05) is 30.3 Å². The smallest absolute Gasteiger partial charge is 0.338 e. The number of carbonyl (C=O) groups excluding carboxylic acids is 2. The van der Waals surface area contributed by atoms with E-state index in [2.05, 4.69) is 0 Å². The van der Waals surface area contributed by atoms with Crippen molar-refractivity contribution in [2.75, 3.05) is 27.9 Å².